The van der Waals surface area contributed by atoms with E-state index in [1.807, 2.05) is 36.4 Å². The van der Waals surface area contributed by atoms with Crippen molar-refractivity contribution in [1.82, 2.24) is 0 Å². The number of hydrogen-bond acceptors (Lipinski definition) is 1. The summed E-state index contributed by atoms with van der Waals surface area (Å²) in [4.78, 5) is 0. The zero-order chi connectivity index (χ0) is 12.1. The Morgan fingerprint density at radius 2 is 1.88 bits per heavy atom. The number of ether oxygens (including phenoxy) is 1. The summed E-state index contributed by atoms with van der Waals surface area (Å²) < 4.78 is 5.88. The van der Waals surface area contributed by atoms with Crippen LogP contribution >= 0.6 is 0 Å². The Balaban J connectivity index is 2.27. The van der Waals surface area contributed by atoms with Crippen LogP contribution in [-0.4, -0.2) is 0 Å². The van der Waals surface area contributed by atoms with Gasteiger partial charge in [-0.3, -0.25) is 0 Å². The molecule has 0 saturated carbocycles. The minimum absolute atomic E-state index is 0.509. The fourth-order valence-electron chi connectivity index (χ4n) is 1.76. The van der Waals surface area contributed by atoms with Gasteiger partial charge in [-0.05, 0) is 30.0 Å². The second-order valence-electron chi connectivity index (χ2n) is 4.18. The van der Waals surface area contributed by atoms with Gasteiger partial charge in [0.15, 0.2) is 0 Å². The molecule has 1 atom stereocenters. The first-order valence-electron chi connectivity index (χ1n) is 6.04. The van der Waals surface area contributed by atoms with Crippen molar-refractivity contribution in [2.75, 3.05) is 0 Å². The largest absolute Gasteiger partial charge is 0.456 e. The summed E-state index contributed by atoms with van der Waals surface area (Å²) in [6, 6.07) is 19.0. The van der Waals surface area contributed by atoms with Gasteiger partial charge >= 0.3 is 0 Å². The van der Waals surface area contributed by atoms with Gasteiger partial charge < -0.3 is 4.74 Å². The van der Waals surface area contributed by atoms with E-state index in [0.717, 1.165) is 17.9 Å². The Morgan fingerprint density at radius 3 is 2.59 bits per heavy atom. The molecule has 0 amide bonds. The van der Waals surface area contributed by atoms with Crippen molar-refractivity contribution in [2.45, 2.75) is 26.2 Å². The average molecular weight is 225 g/mol. The van der Waals surface area contributed by atoms with E-state index in [2.05, 4.69) is 32.0 Å². The first-order valence-corrected chi connectivity index (χ1v) is 6.04. The minimum atomic E-state index is 0.509. The number of rotatable bonds is 4. The molecule has 2 aromatic carbocycles. The lowest BCUT2D eigenvalue weighted by molar-refractivity contribution is 0.469. The van der Waals surface area contributed by atoms with E-state index >= 15 is 0 Å². The minimum Gasteiger partial charge on any atom is -0.456 e. The number of para-hydroxylation sites is 2. The van der Waals surface area contributed by atoms with Crippen molar-refractivity contribution in [2.24, 2.45) is 0 Å². The van der Waals surface area contributed by atoms with E-state index in [9.17, 15) is 0 Å². The highest BCUT2D eigenvalue weighted by atomic mass is 16.5. The zero-order valence-electron chi connectivity index (χ0n) is 10.3. The highest BCUT2D eigenvalue weighted by Gasteiger charge is 2.09. The molecule has 0 bridgehead atoms. The van der Waals surface area contributed by atoms with Crippen LogP contribution in [0.2, 0.25) is 0 Å². The van der Waals surface area contributed by atoms with Crippen LogP contribution in [0, 0.1) is 6.07 Å². The summed E-state index contributed by atoms with van der Waals surface area (Å²) >= 11 is 0. The summed E-state index contributed by atoms with van der Waals surface area (Å²) in [5.74, 6) is 2.21. The van der Waals surface area contributed by atoms with Crippen LogP contribution < -0.4 is 4.74 Å². The van der Waals surface area contributed by atoms with Gasteiger partial charge in [-0.2, -0.15) is 0 Å². The van der Waals surface area contributed by atoms with Gasteiger partial charge in [-0.15, -0.1) is 0 Å². The molecular formula is C16H17O. The van der Waals surface area contributed by atoms with Crippen molar-refractivity contribution >= 4 is 0 Å². The fraction of sp³-hybridized carbons (Fsp3) is 0.250. The lowest BCUT2D eigenvalue weighted by Gasteiger charge is -2.15. The molecule has 1 nitrogen and oxygen atoms in total. The first kappa shape index (κ1) is 11.7. The van der Waals surface area contributed by atoms with Gasteiger partial charge in [0.25, 0.3) is 0 Å². The third-order valence-corrected chi connectivity index (χ3v) is 2.96. The Bertz CT molecular complexity index is 462. The molecular weight excluding hydrogens is 208 g/mol. The van der Waals surface area contributed by atoms with E-state index < -0.39 is 0 Å². The van der Waals surface area contributed by atoms with Gasteiger partial charge in [0.1, 0.15) is 11.5 Å². The molecule has 17 heavy (non-hydrogen) atoms. The summed E-state index contributed by atoms with van der Waals surface area (Å²) in [6.07, 6.45) is 1.11. The maximum absolute atomic E-state index is 5.88. The lowest BCUT2D eigenvalue weighted by Crippen LogP contribution is -1.95. The molecule has 0 heterocycles. The molecule has 0 aliphatic heterocycles. The van der Waals surface area contributed by atoms with Crippen LogP contribution in [0.3, 0.4) is 0 Å². The van der Waals surface area contributed by atoms with Crippen molar-refractivity contribution in [3.63, 3.8) is 0 Å². The second-order valence-corrected chi connectivity index (χ2v) is 4.18. The molecule has 87 valence electrons. The summed E-state index contributed by atoms with van der Waals surface area (Å²) in [7, 11) is 0. The maximum Gasteiger partial charge on any atom is 0.135 e. The van der Waals surface area contributed by atoms with Crippen LogP contribution in [-0.2, 0) is 0 Å². The molecule has 1 unspecified atom stereocenters. The SMILES string of the molecule is CCC(C)c1ccccc1Oc1[c]cccc1. The van der Waals surface area contributed by atoms with E-state index in [1.165, 1.54) is 5.56 Å². The van der Waals surface area contributed by atoms with Crippen LogP contribution in [0.15, 0.2) is 48.5 Å². The smallest absolute Gasteiger partial charge is 0.135 e. The average Bonchev–Trinajstić information content (AvgIpc) is 2.40. The molecule has 0 aliphatic carbocycles. The van der Waals surface area contributed by atoms with Crippen LogP contribution in [0.1, 0.15) is 31.7 Å². The predicted octanol–water partition coefficient (Wildman–Crippen LogP) is 4.79. The van der Waals surface area contributed by atoms with Crippen molar-refractivity contribution in [1.29, 1.82) is 0 Å². The van der Waals surface area contributed by atoms with Gasteiger partial charge in [0, 0.05) is 6.07 Å². The molecule has 0 spiro atoms. The van der Waals surface area contributed by atoms with E-state index in [-0.39, 0.29) is 0 Å². The van der Waals surface area contributed by atoms with E-state index in [1.54, 1.807) is 0 Å². The molecule has 1 heteroatoms. The normalized spacial score (nSPS) is 12.1. The second kappa shape index (κ2) is 5.53. The predicted molar refractivity (Wildman–Crippen MR) is 70.5 cm³/mol. The third-order valence-electron chi connectivity index (χ3n) is 2.96. The standard InChI is InChI=1S/C16H17O/c1-3-13(2)15-11-7-8-12-16(15)17-14-9-5-4-6-10-14/h4-9,11-13H,3H2,1-2H3. The zero-order valence-corrected chi connectivity index (χ0v) is 10.3. The highest BCUT2D eigenvalue weighted by molar-refractivity contribution is 5.39. The Morgan fingerprint density at radius 1 is 1.12 bits per heavy atom. The molecule has 0 fully saturated rings. The van der Waals surface area contributed by atoms with Gasteiger partial charge in [-0.1, -0.05) is 50.2 Å². The summed E-state index contributed by atoms with van der Waals surface area (Å²) in [5, 5.41) is 0. The fourth-order valence-corrected chi connectivity index (χ4v) is 1.76. The molecule has 2 aromatic rings. The first-order chi connectivity index (χ1) is 8.31. The molecule has 0 aliphatic rings. The Kier molecular flexibility index (Phi) is 3.81. The lowest BCUT2D eigenvalue weighted by atomic mass is 9.98. The van der Waals surface area contributed by atoms with Crippen molar-refractivity contribution in [3.8, 4) is 11.5 Å². The molecule has 1 radical (unpaired) electrons. The Hall–Kier alpha value is -1.76. The van der Waals surface area contributed by atoms with Gasteiger partial charge in [-0.25, -0.2) is 0 Å². The van der Waals surface area contributed by atoms with Crippen molar-refractivity contribution in [3.05, 3.63) is 60.2 Å². The molecule has 0 aromatic heterocycles. The topological polar surface area (TPSA) is 9.23 Å². The Labute approximate surface area is 103 Å². The summed E-state index contributed by atoms with van der Waals surface area (Å²) in [6.45, 7) is 4.41. The van der Waals surface area contributed by atoms with Crippen LogP contribution in [0.5, 0.6) is 11.5 Å². The van der Waals surface area contributed by atoms with Crippen LogP contribution in [0.25, 0.3) is 0 Å². The molecule has 0 saturated heterocycles. The number of benzene rings is 2. The molecule has 2 rings (SSSR count). The monoisotopic (exact) mass is 225 g/mol. The van der Waals surface area contributed by atoms with Crippen molar-refractivity contribution < 1.29 is 4.74 Å². The van der Waals surface area contributed by atoms with Gasteiger partial charge in [0.05, 0.1) is 0 Å². The summed E-state index contributed by atoms with van der Waals surface area (Å²) in [5.41, 5.74) is 1.26. The third kappa shape index (κ3) is 2.88. The quantitative estimate of drug-likeness (QED) is 0.726. The molecule has 0 N–H and O–H groups in total. The van der Waals surface area contributed by atoms with Crippen LogP contribution in [0.4, 0.5) is 0 Å². The number of hydrogen-bond donors (Lipinski definition) is 0. The van der Waals surface area contributed by atoms with E-state index in [0.29, 0.717) is 5.92 Å². The van der Waals surface area contributed by atoms with Gasteiger partial charge in [0.2, 0.25) is 0 Å². The maximum atomic E-state index is 5.88. The van der Waals surface area contributed by atoms with E-state index in [4.69, 9.17) is 4.74 Å². The highest BCUT2D eigenvalue weighted by Crippen LogP contribution is 2.31.